The maximum Gasteiger partial charge on any atom is 0.258 e. The minimum absolute atomic E-state index is 0.116. The zero-order valence-electron chi connectivity index (χ0n) is 14.0. The Morgan fingerprint density at radius 2 is 1.84 bits per heavy atom. The summed E-state index contributed by atoms with van der Waals surface area (Å²) in [4.78, 5) is 33.7. The molecule has 0 radical (unpaired) electrons. The predicted octanol–water partition coefficient (Wildman–Crippen LogP) is 3.11. The van der Waals surface area contributed by atoms with Crippen molar-refractivity contribution < 1.29 is 9.18 Å². The van der Waals surface area contributed by atoms with E-state index in [0.29, 0.717) is 22.3 Å². The van der Waals surface area contributed by atoms with Crippen LogP contribution in [0.3, 0.4) is 0 Å². The second-order valence-corrected chi connectivity index (χ2v) is 6.06. The van der Waals surface area contributed by atoms with E-state index in [9.17, 15) is 14.0 Å². The standard InChI is InChI=1S/C19H18FN3O2/c1-12(2)23(19(25)13-7-9-14(20)10-8-13)11-17-21-16-6-4-3-5-15(16)18(24)22-17/h3-10,12H,11H2,1-2H3,(H,21,22,24). The van der Waals surface area contributed by atoms with Crippen molar-refractivity contribution in [2.75, 3.05) is 0 Å². The lowest BCUT2D eigenvalue weighted by Gasteiger charge is -2.26. The first-order valence-electron chi connectivity index (χ1n) is 8.00. The summed E-state index contributed by atoms with van der Waals surface area (Å²) in [6.45, 7) is 3.91. The fourth-order valence-corrected chi connectivity index (χ4v) is 2.62. The maximum atomic E-state index is 13.1. The molecule has 1 N–H and O–H groups in total. The molecule has 1 amide bonds. The Labute approximate surface area is 144 Å². The number of benzene rings is 2. The number of amides is 1. The smallest absolute Gasteiger partial charge is 0.258 e. The van der Waals surface area contributed by atoms with Crippen molar-refractivity contribution in [2.24, 2.45) is 0 Å². The third kappa shape index (κ3) is 3.57. The van der Waals surface area contributed by atoms with Crippen LogP contribution in [0, 0.1) is 5.82 Å². The quantitative estimate of drug-likeness (QED) is 0.794. The van der Waals surface area contributed by atoms with Crippen molar-refractivity contribution in [3.8, 4) is 0 Å². The lowest BCUT2D eigenvalue weighted by Crippen LogP contribution is -2.37. The van der Waals surface area contributed by atoms with Crippen LogP contribution in [-0.4, -0.2) is 26.8 Å². The third-order valence-corrected chi connectivity index (χ3v) is 3.96. The fraction of sp³-hybridized carbons (Fsp3) is 0.211. The molecule has 5 nitrogen and oxygen atoms in total. The first-order chi connectivity index (χ1) is 12.0. The topological polar surface area (TPSA) is 66.1 Å². The highest BCUT2D eigenvalue weighted by molar-refractivity contribution is 5.94. The summed E-state index contributed by atoms with van der Waals surface area (Å²) in [5.41, 5.74) is 0.732. The van der Waals surface area contributed by atoms with E-state index in [2.05, 4.69) is 9.97 Å². The van der Waals surface area contributed by atoms with Gasteiger partial charge in [0.2, 0.25) is 0 Å². The van der Waals surface area contributed by atoms with Crippen LogP contribution in [0.5, 0.6) is 0 Å². The Morgan fingerprint density at radius 3 is 2.52 bits per heavy atom. The number of hydrogen-bond acceptors (Lipinski definition) is 3. The van der Waals surface area contributed by atoms with E-state index in [1.54, 1.807) is 23.1 Å². The van der Waals surface area contributed by atoms with Gasteiger partial charge >= 0.3 is 0 Å². The van der Waals surface area contributed by atoms with Gasteiger partial charge in [-0.3, -0.25) is 9.59 Å². The molecule has 2 aromatic carbocycles. The Bertz CT molecular complexity index is 964. The highest BCUT2D eigenvalue weighted by Gasteiger charge is 2.20. The molecule has 3 aromatic rings. The molecule has 0 atom stereocenters. The molecule has 0 bridgehead atoms. The summed E-state index contributed by atoms with van der Waals surface area (Å²) in [5, 5.41) is 0.507. The molecule has 0 aliphatic carbocycles. The number of nitrogens with one attached hydrogen (secondary N) is 1. The number of aromatic amines is 1. The number of carbonyl (C=O) groups is 1. The molecule has 3 rings (SSSR count). The summed E-state index contributed by atoms with van der Waals surface area (Å²) in [7, 11) is 0. The number of halogens is 1. The van der Waals surface area contributed by atoms with Crippen molar-refractivity contribution in [2.45, 2.75) is 26.4 Å². The Balaban J connectivity index is 1.93. The Morgan fingerprint density at radius 1 is 1.16 bits per heavy atom. The van der Waals surface area contributed by atoms with Gasteiger partial charge in [-0.2, -0.15) is 0 Å². The van der Waals surface area contributed by atoms with Gasteiger partial charge in [-0.15, -0.1) is 0 Å². The molecule has 0 saturated carbocycles. The molecule has 0 saturated heterocycles. The van der Waals surface area contributed by atoms with Crippen LogP contribution in [0.15, 0.2) is 53.3 Å². The molecule has 0 aliphatic rings. The monoisotopic (exact) mass is 339 g/mol. The van der Waals surface area contributed by atoms with E-state index in [-0.39, 0.29) is 24.1 Å². The van der Waals surface area contributed by atoms with Gasteiger partial charge in [-0.1, -0.05) is 12.1 Å². The zero-order valence-corrected chi connectivity index (χ0v) is 14.0. The number of carbonyl (C=O) groups excluding carboxylic acids is 1. The first kappa shape index (κ1) is 16.8. The van der Waals surface area contributed by atoms with Gasteiger partial charge < -0.3 is 9.88 Å². The van der Waals surface area contributed by atoms with Crippen molar-refractivity contribution in [1.29, 1.82) is 0 Å². The van der Waals surface area contributed by atoms with Gasteiger partial charge in [-0.05, 0) is 50.2 Å². The average molecular weight is 339 g/mol. The van der Waals surface area contributed by atoms with Gasteiger partial charge in [0, 0.05) is 11.6 Å². The van der Waals surface area contributed by atoms with E-state index in [1.807, 2.05) is 19.9 Å². The summed E-state index contributed by atoms with van der Waals surface area (Å²) >= 11 is 0. The SMILES string of the molecule is CC(C)N(Cc1nc2ccccc2c(=O)[nH]1)C(=O)c1ccc(F)cc1. The van der Waals surface area contributed by atoms with E-state index in [4.69, 9.17) is 0 Å². The third-order valence-electron chi connectivity index (χ3n) is 3.96. The lowest BCUT2D eigenvalue weighted by atomic mass is 10.1. The second-order valence-electron chi connectivity index (χ2n) is 6.06. The van der Waals surface area contributed by atoms with E-state index in [1.165, 1.54) is 24.3 Å². The van der Waals surface area contributed by atoms with Crippen LogP contribution in [0.1, 0.15) is 30.0 Å². The Hall–Kier alpha value is -3.02. The minimum Gasteiger partial charge on any atom is -0.329 e. The van der Waals surface area contributed by atoms with Crippen molar-refractivity contribution in [3.63, 3.8) is 0 Å². The number of para-hydroxylation sites is 1. The number of nitrogens with zero attached hydrogens (tertiary/aromatic N) is 2. The average Bonchev–Trinajstić information content (AvgIpc) is 2.59. The summed E-state index contributed by atoms with van der Waals surface area (Å²) < 4.78 is 13.1. The van der Waals surface area contributed by atoms with Crippen LogP contribution >= 0.6 is 0 Å². The molecule has 0 unspecified atom stereocenters. The highest BCUT2D eigenvalue weighted by atomic mass is 19.1. The fourth-order valence-electron chi connectivity index (χ4n) is 2.62. The van der Waals surface area contributed by atoms with Crippen LogP contribution in [0.2, 0.25) is 0 Å². The molecule has 0 spiro atoms. The summed E-state index contributed by atoms with van der Waals surface area (Å²) in [6.07, 6.45) is 0. The zero-order chi connectivity index (χ0) is 18.0. The van der Waals surface area contributed by atoms with Gasteiger partial charge in [0.1, 0.15) is 11.6 Å². The molecule has 0 fully saturated rings. The molecule has 1 heterocycles. The van der Waals surface area contributed by atoms with Crippen molar-refractivity contribution >= 4 is 16.8 Å². The Kier molecular flexibility index (Phi) is 4.61. The summed E-state index contributed by atoms with van der Waals surface area (Å²) in [5.74, 6) is -0.230. The van der Waals surface area contributed by atoms with Gasteiger partial charge in [0.25, 0.3) is 11.5 Å². The number of fused-ring (bicyclic) bond motifs is 1. The molecule has 6 heteroatoms. The number of rotatable bonds is 4. The number of H-pyrrole nitrogens is 1. The predicted molar refractivity (Wildman–Crippen MR) is 93.8 cm³/mol. The van der Waals surface area contributed by atoms with Gasteiger partial charge in [0.15, 0.2) is 0 Å². The molecular formula is C19H18FN3O2. The normalized spacial score (nSPS) is 11.0. The maximum absolute atomic E-state index is 13.1. The van der Waals surface area contributed by atoms with Crippen molar-refractivity contribution in [3.05, 3.63) is 76.1 Å². The molecule has 0 aliphatic heterocycles. The largest absolute Gasteiger partial charge is 0.329 e. The van der Waals surface area contributed by atoms with Crippen LogP contribution < -0.4 is 5.56 Å². The molecule has 128 valence electrons. The van der Waals surface area contributed by atoms with Crippen molar-refractivity contribution in [1.82, 2.24) is 14.9 Å². The molecular weight excluding hydrogens is 321 g/mol. The van der Waals surface area contributed by atoms with Gasteiger partial charge in [-0.25, -0.2) is 9.37 Å². The lowest BCUT2D eigenvalue weighted by molar-refractivity contribution is 0.0685. The highest BCUT2D eigenvalue weighted by Crippen LogP contribution is 2.13. The number of aromatic nitrogens is 2. The van der Waals surface area contributed by atoms with Gasteiger partial charge in [0.05, 0.1) is 17.4 Å². The van der Waals surface area contributed by atoms with E-state index in [0.717, 1.165) is 0 Å². The molecule has 25 heavy (non-hydrogen) atoms. The first-order valence-corrected chi connectivity index (χ1v) is 8.00. The van der Waals surface area contributed by atoms with Crippen LogP contribution in [0.25, 0.3) is 10.9 Å². The minimum atomic E-state index is -0.395. The number of hydrogen-bond donors (Lipinski definition) is 1. The second kappa shape index (κ2) is 6.84. The molecule has 1 aromatic heterocycles. The van der Waals surface area contributed by atoms with E-state index >= 15 is 0 Å². The summed E-state index contributed by atoms with van der Waals surface area (Å²) in [6, 6.07) is 12.3. The van der Waals surface area contributed by atoms with Crippen LogP contribution in [-0.2, 0) is 6.54 Å². The van der Waals surface area contributed by atoms with Crippen LogP contribution in [0.4, 0.5) is 4.39 Å². The van der Waals surface area contributed by atoms with E-state index < -0.39 is 5.82 Å².